The topological polar surface area (TPSA) is 67.6 Å². The van der Waals surface area contributed by atoms with Gasteiger partial charge in [0.15, 0.2) is 0 Å². The van der Waals surface area contributed by atoms with Gasteiger partial charge in [-0.25, -0.2) is 0 Å². The smallest absolute Gasteiger partial charge is 0.226 e. The zero-order valence-electron chi connectivity index (χ0n) is 13.6. The third-order valence-corrected chi connectivity index (χ3v) is 5.40. The van der Waals surface area contributed by atoms with Crippen LogP contribution in [0.5, 0.6) is 0 Å². The molecule has 0 radical (unpaired) electrons. The number of carbonyl (C=O) groups is 1. The number of aryl methyl sites for hydroxylation is 1. The Morgan fingerprint density at radius 2 is 2.17 bits per heavy atom. The summed E-state index contributed by atoms with van der Waals surface area (Å²) in [6.45, 7) is 2.82. The third kappa shape index (κ3) is 3.02. The van der Waals surface area contributed by atoms with Crippen molar-refractivity contribution in [2.24, 2.45) is 18.9 Å². The van der Waals surface area contributed by atoms with E-state index in [1.54, 1.807) is 0 Å². The lowest BCUT2D eigenvalue weighted by Crippen LogP contribution is -2.47. The number of aliphatic hydroxyl groups excluding tert-OH is 1. The van der Waals surface area contributed by atoms with Gasteiger partial charge in [-0.2, -0.15) is 5.10 Å². The average molecular weight is 319 g/mol. The molecule has 0 saturated heterocycles. The first-order valence-corrected chi connectivity index (χ1v) is 8.67. The normalized spacial score (nSPS) is 30.0. The van der Waals surface area contributed by atoms with Gasteiger partial charge in [-0.3, -0.25) is 9.48 Å². The van der Waals surface area contributed by atoms with Crippen LogP contribution in [-0.4, -0.2) is 51.6 Å². The standard InChI is InChI=1S/C17H25N3O3/c1-19-16-13(6-18-19)7-20(17(22)12-4-15(21)5-12)8-14(16)10-23-9-11-2-3-11/h6,11-12,14-15,21H,2-5,7-10H2,1H3. The summed E-state index contributed by atoms with van der Waals surface area (Å²) in [5.41, 5.74) is 2.34. The molecule has 126 valence electrons. The van der Waals surface area contributed by atoms with Gasteiger partial charge in [0.05, 0.1) is 24.6 Å². The van der Waals surface area contributed by atoms with Gasteiger partial charge in [0, 0.05) is 44.1 Å². The molecule has 2 aliphatic carbocycles. The highest BCUT2D eigenvalue weighted by Crippen LogP contribution is 2.34. The maximum Gasteiger partial charge on any atom is 0.226 e. The molecule has 3 aliphatic rings. The summed E-state index contributed by atoms with van der Waals surface area (Å²) in [6.07, 6.45) is 5.38. The highest BCUT2D eigenvalue weighted by molar-refractivity contribution is 5.80. The minimum atomic E-state index is -0.291. The summed E-state index contributed by atoms with van der Waals surface area (Å²) >= 11 is 0. The first-order valence-electron chi connectivity index (χ1n) is 8.67. The largest absolute Gasteiger partial charge is 0.393 e. The fourth-order valence-corrected chi connectivity index (χ4v) is 3.77. The monoisotopic (exact) mass is 319 g/mol. The number of rotatable bonds is 5. The molecule has 1 atom stereocenters. The molecule has 2 heterocycles. The average Bonchev–Trinajstić information content (AvgIpc) is 3.25. The van der Waals surface area contributed by atoms with Gasteiger partial charge in [-0.1, -0.05) is 0 Å². The lowest BCUT2D eigenvalue weighted by Gasteiger charge is -2.38. The third-order valence-electron chi connectivity index (χ3n) is 5.40. The molecule has 23 heavy (non-hydrogen) atoms. The predicted molar refractivity (Wildman–Crippen MR) is 83.6 cm³/mol. The van der Waals surface area contributed by atoms with Crippen LogP contribution in [0.4, 0.5) is 0 Å². The molecule has 0 bridgehead atoms. The molecule has 0 spiro atoms. The van der Waals surface area contributed by atoms with Crippen molar-refractivity contribution in [1.29, 1.82) is 0 Å². The summed E-state index contributed by atoms with van der Waals surface area (Å²) in [5, 5.41) is 13.8. The maximum atomic E-state index is 12.6. The molecular formula is C17H25N3O3. The van der Waals surface area contributed by atoms with E-state index in [2.05, 4.69) is 5.10 Å². The SMILES string of the molecule is Cn1ncc2c1C(COCC1CC1)CN(C(=O)C1CC(O)C1)C2. The second-order valence-corrected chi connectivity index (χ2v) is 7.40. The van der Waals surface area contributed by atoms with Crippen LogP contribution >= 0.6 is 0 Å². The number of amides is 1. The van der Waals surface area contributed by atoms with Crippen molar-refractivity contribution in [2.75, 3.05) is 19.8 Å². The molecule has 1 unspecified atom stereocenters. The van der Waals surface area contributed by atoms with Crippen LogP contribution in [0.2, 0.25) is 0 Å². The van der Waals surface area contributed by atoms with Crippen molar-refractivity contribution in [3.63, 3.8) is 0 Å². The Hall–Kier alpha value is -1.40. The van der Waals surface area contributed by atoms with Crippen molar-refractivity contribution < 1.29 is 14.6 Å². The zero-order valence-corrected chi connectivity index (χ0v) is 13.6. The van der Waals surface area contributed by atoms with E-state index >= 15 is 0 Å². The Labute approximate surface area is 136 Å². The summed E-state index contributed by atoms with van der Waals surface area (Å²) < 4.78 is 7.83. The molecule has 1 aromatic heterocycles. The second-order valence-electron chi connectivity index (χ2n) is 7.40. The van der Waals surface area contributed by atoms with Crippen molar-refractivity contribution in [3.05, 3.63) is 17.5 Å². The Morgan fingerprint density at radius 3 is 2.87 bits per heavy atom. The van der Waals surface area contributed by atoms with Crippen LogP contribution in [0.15, 0.2) is 6.20 Å². The summed E-state index contributed by atoms with van der Waals surface area (Å²) in [6, 6.07) is 0. The number of hydrogen-bond acceptors (Lipinski definition) is 4. The molecule has 2 fully saturated rings. The fraction of sp³-hybridized carbons (Fsp3) is 0.765. The maximum absolute atomic E-state index is 12.6. The van der Waals surface area contributed by atoms with Gasteiger partial charge in [0.25, 0.3) is 0 Å². The number of aliphatic hydroxyl groups is 1. The van der Waals surface area contributed by atoms with Gasteiger partial charge in [-0.15, -0.1) is 0 Å². The number of hydrogen-bond donors (Lipinski definition) is 1. The van der Waals surface area contributed by atoms with Crippen molar-refractivity contribution in [1.82, 2.24) is 14.7 Å². The minimum Gasteiger partial charge on any atom is -0.393 e. The number of aromatic nitrogens is 2. The van der Waals surface area contributed by atoms with Crippen molar-refractivity contribution in [2.45, 2.75) is 44.2 Å². The first kappa shape index (κ1) is 15.1. The number of ether oxygens (including phenoxy) is 1. The summed E-state index contributed by atoms with van der Waals surface area (Å²) in [7, 11) is 1.96. The quantitative estimate of drug-likeness (QED) is 0.881. The molecule has 1 amide bonds. The van der Waals surface area contributed by atoms with Gasteiger partial charge < -0.3 is 14.7 Å². The predicted octanol–water partition coefficient (Wildman–Crippen LogP) is 1.04. The Kier molecular flexibility index (Phi) is 3.89. The first-order chi connectivity index (χ1) is 11.1. The van der Waals surface area contributed by atoms with Gasteiger partial charge in [0.1, 0.15) is 0 Å². The lowest BCUT2D eigenvalue weighted by atomic mass is 9.81. The van der Waals surface area contributed by atoms with E-state index in [9.17, 15) is 9.90 Å². The van der Waals surface area contributed by atoms with Gasteiger partial charge in [0.2, 0.25) is 5.91 Å². The minimum absolute atomic E-state index is 0.00347. The van der Waals surface area contributed by atoms with Gasteiger partial charge in [-0.05, 0) is 31.6 Å². The molecular weight excluding hydrogens is 294 g/mol. The van der Waals surface area contributed by atoms with E-state index in [0.717, 1.165) is 18.1 Å². The lowest BCUT2D eigenvalue weighted by molar-refractivity contribution is -0.144. The molecule has 0 aromatic carbocycles. The van der Waals surface area contributed by atoms with E-state index < -0.39 is 0 Å². The number of nitrogens with zero attached hydrogens (tertiary/aromatic N) is 3. The van der Waals surface area contributed by atoms with Crippen LogP contribution in [-0.2, 0) is 23.1 Å². The number of fused-ring (bicyclic) bond motifs is 1. The van der Waals surface area contributed by atoms with E-state index in [0.29, 0.717) is 32.5 Å². The van der Waals surface area contributed by atoms with Crippen LogP contribution in [0.1, 0.15) is 42.9 Å². The second kappa shape index (κ2) is 5.91. The van der Waals surface area contributed by atoms with E-state index in [-0.39, 0.29) is 23.8 Å². The van der Waals surface area contributed by atoms with Gasteiger partial charge >= 0.3 is 0 Å². The van der Waals surface area contributed by atoms with E-state index in [1.165, 1.54) is 18.5 Å². The zero-order chi connectivity index (χ0) is 16.0. The van der Waals surface area contributed by atoms with Crippen LogP contribution in [0, 0.1) is 11.8 Å². The Morgan fingerprint density at radius 1 is 1.39 bits per heavy atom. The molecule has 4 rings (SSSR count). The molecule has 1 aliphatic heterocycles. The molecule has 6 nitrogen and oxygen atoms in total. The Bertz CT molecular complexity index is 590. The number of carbonyl (C=O) groups excluding carboxylic acids is 1. The fourth-order valence-electron chi connectivity index (χ4n) is 3.77. The van der Waals surface area contributed by atoms with Crippen LogP contribution in [0.25, 0.3) is 0 Å². The van der Waals surface area contributed by atoms with Crippen LogP contribution < -0.4 is 0 Å². The molecule has 1 N–H and O–H groups in total. The summed E-state index contributed by atoms with van der Waals surface area (Å²) in [5.74, 6) is 1.12. The van der Waals surface area contributed by atoms with Crippen molar-refractivity contribution >= 4 is 5.91 Å². The highest BCUT2D eigenvalue weighted by Gasteiger charge is 2.39. The Balaban J connectivity index is 1.45. The van der Waals surface area contributed by atoms with E-state index in [4.69, 9.17) is 4.74 Å². The van der Waals surface area contributed by atoms with E-state index in [1.807, 2.05) is 22.8 Å². The molecule has 6 heteroatoms. The molecule has 1 aromatic rings. The van der Waals surface area contributed by atoms with Crippen LogP contribution in [0.3, 0.4) is 0 Å². The highest BCUT2D eigenvalue weighted by atomic mass is 16.5. The van der Waals surface area contributed by atoms with Crippen molar-refractivity contribution in [3.8, 4) is 0 Å². The molecule has 2 saturated carbocycles. The summed E-state index contributed by atoms with van der Waals surface area (Å²) in [4.78, 5) is 14.6.